The summed E-state index contributed by atoms with van der Waals surface area (Å²) in [5.74, 6) is 2.48. The molecule has 0 aliphatic carbocycles. The van der Waals surface area contributed by atoms with Gasteiger partial charge in [0.1, 0.15) is 11.6 Å². The van der Waals surface area contributed by atoms with Gasteiger partial charge >= 0.3 is 0 Å². The Morgan fingerprint density at radius 3 is 2.89 bits per heavy atom. The van der Waals surface area contributed by atoms with Gasteiger partial charge in [-0.3, -0.25) is 9.80 Å². The van der Waals surface area contributed by atoms with Crippen LogP contribution in [0, 0.1) is 17.7 Å². The van der Waals surface area contributed by atoms with E-state index in [-0.39, 0.29) is 5.82 Å². The number of fused-ring (bicyclic) bond motifs is 4. The molecule has 5 rings (SSSR count). The van der Waals surface area contributed by atoms with E-state index >= 15 is 0 Å². The largest absolute Gasteiger partial charge is 0.337 e. The number of piperidine rings is 3. The fourth-order valence-corrected chi connectivity index (χ4v) is 6.07. The zero-order valence-electron chi connectivity index (χ0n) is 16.8. The third-order valence-electron chi connectivity index (χ3n) is 7.32. The summed E-state index contributed by atoms with van der Waals surface area (Å²) in [6.45, 7) is 4.48. The molecule has 0 amide bonds. The van der Waals surface area contributed by atoms with Gasteiger partial charge in [0.2, 0.25) is 0 Å². The lowest BCUT2D eigenvalue weighted by atomic mass is 9.71. The van der Waals surface area contributed by atoms with Crippen LogP contribution in [0.15, 0.2) is 36.7 Å². The van der Waals surface area contributed by atoms with Crippen LogP contribution in [0.2, 0.25) is 0 Å². The number of aromatic nitrogens is 2. The Labute approximate surface area is 167 Å². The van der Waals surface area contributed by atoms with Crippen molar-refractivity contribution < 1.29 is 4.39 Å². The minimum absolute atomic E-state index is 0.110. The van der Waals surface area contributed by atoms with Gasteiger partial charge in [-0.15, -0.1) is 0 Å². The molecule has 0 spiro atoms. The SMILES string of the molecule is Cn1ccnc1CN1C[C@H]2C[C@@H](C1)[C@H](Cc1cccc(F)c1)N1CCCC[C@@H]21. The van der Waals surface area contributed by atoms with Crippen LogP contribution in [0.1, 0.15) is 37.1 Å². The summed E-state index contributed by atoms with van der Waals surface area (Å²) in [5, 5.41) is 0. The molecule has 5 heteroatoms. The number of aryl methyl sites for hydroxylation is 1. The van der Waals surface area contributed by atoms with Gasteiger partial charge in [0.15, 0.2) is 0 Å². The summed E-state index contributed by atoms with van der Waals surface area (Å²) in [7, 11) is 2.09. The Morgan fingerprint density at radius 1 is 1.18 bits per heavy atom. The Kier molecular flexibility index (Phi) is 4.97. The van der Waals surface area contributed by atoms with Gasteiger partial charge in [0.05, 0.1) is 6.54 Å². The van der Waals surface area contributed by atoms with Crippen LogP contribution in [0.3, 0.4) is 0 Å². The molecule has 2 bridgehead atoms. The number of rotatable bonds is 4. The number of imidazole rings is 1. The molecule has 3 aliphatic rings. The van der Waals surface area contributed by atoms with Crippen LogP contribution in [0.5, 0.6) is 0 Å². The van der Waals surface area contributed by atoms with Gasteiger partial charge in [-0.25, -0.2) is 9.37 Å². The molecule has 2 aromatic rings. The van der Waals surface area contributed by atoms with Crippen molar-refractivity contribution in [1.29, 1.82) is 0 Å². The van der Waals surface area contributed by atoms with Gasteiger partial charge in [-0.2, -0.15) is 0 Å². The van der Waals surface area contributed by atoms with Gasteiger partial charge in [0.25, 0.3) is 0 Å². The summed E-state index contributed by atoms with van der Waals surface area (Å²) >= 11 is 0. The normalized spacial score (nSPS) is 30.9. The summed E-state index contributed by atoms with van der Waals surface area (Å²) in [5.41, 5.74) is 1.15. The average Bonchev–Trinajstić information content (AvgIpc) is 3.10. The number of likely N-dealkylation sites (tertiary alicyclic amines) is 1. The zero-order chi connectivity index (χ0) is 19.1. The van der Waals surface area contributed by atoms with Crippen molar-refractivity contribution in [3.8, 4) is 0 Å². The zero-order valence-corrected chi connectivity index (χ0v) is 16.8. The highest BCUT2D eigenvalue weighted by atomic mass is 19.1. The molecule has 0 N–H and O–H groups in total. The van der Waals surface area contributed by atoms with Crippen molar-refractivity contribution >= 4 is 0 Å². The molecule has 28 heavy (non-hydrogen) atoms. The van der Waals surface area contributed by atoms with E-state index in [1.165, 1.54) is 38.8 Å². The first-order valence-corrected chi connectivity index (χ1v) is 10.9. The lowest BCUT2D eigenvalue weighted by Gasteiger charge is -2.57. The highest BCUT2D eigenvalue weighted by molar-refractivity contribution is 5.19. The first-order valence-electron chi connectivity index (χ1n) is 10.9. The highest BCUT2D eigenvalue weighted by Crippen LogP contribution is 2.42. The molecule has 4 atom stereocenters. The molecule has 3 saturated heterocycles. The molecular formula is C23H31FN4. The van der Waals surface area contributed by atoms with Gasteiger partial charge in [0, 0.05) is 44.6 Å². The summed E-state index contributed by atoms with van der Waals surface area (Å²) in [6, 6.07) is 8.49. The first kappa shape index (κ1) is 18.3. The Morgan fingerprint density at radius 2 is 2.07 bits per heavy atom. The van der Waals surface area contributed by atoms with E-state index in [9.17, 15) is 4.39 Å². The molecule has 3 aliphatic heterocycles. The Balaban J connectivity index is 1.38. The second-order valence-corrected chi connectivity index (χ2v) is 9.11. The van der Waals surface area contributed by atoms with Crippen LogP contribution < -0.4 is 0 Å². The van der Waals surface area contributed by atoms with Gasteiger partial charge < -0.3 is 4.57 Å². The summed E-state index contributed by atoms with van der Waals surface area (Å²) < 4.78 is 15.9. The number of nitrogens with zero attached hydrogens (tertiary/aromatic N) is 4. The minimum atomic E-state index is -0.110. The third-order valence-corrected chi connectivity index (χ3v) is 7.32. The highest BCUT2D eigenvalue weighted by Gasteiger charge is 2.46. The monoisotopic (exact) mass is 382 g/mol. The molecule has 3 fully saturated rings. The standard InChI is InChI=1S/C23H31FN4/c1-26-10-8-25-23(26)16-27-14-18-13-19(15-27)22(28-9-3-2-7-21(18)28)12-17-5-4-6-20(24)11-17/h4-6,8,10-11,18-19,21-22H,2-3,7,9,12-16H2,1H3/t18-,19+,21+,22+/m1/s1. The Hall–Kier alpha value is -1.72. The van der Waals surface area contributed by atoms with Crippen LogP contribution in [-0.2, 0) is 20.0 Å². The lowest BCUT2D eigenvalue weighted by Crippen LogP contribution is -2.63. The average molecular weight is 383 g/mol. The maximum absolute atomic E-state index is 13.8. The van der Waals surface area contributed by atoms with E-state index in [1.54, 1.807) is 12.1 Å². The first-order chi connectivity index (χ1) is 13.7. The van der Waals surface area contributed by atoms with Crippen molar-refractivity contribution in [2.75, 3.05) is 19.6 Å². The molecule has 4 nitrogen and oxygen atoms in total. The van der Waals surface area contributed by atoms with E-state index in [4.69, 9.17) is 0 Å². The molecule has 0 radical (unpaired) electrons. The van der Waals surface area contributed by atoms with Crippen molar-refractivity contribution in [3.05, 3.63) is 53.9 Å². The van der Waals surface area contributed by atoms with E-state index in [2.05, 4.69) is 32.5 Å². The number of hydrogen-bond acceptors (Lipinski definition) is 3. The lowest BCUT2D eigenvalue weighted by molar-refractivity contribution is -0.0735. The quantitative estimate of drug-likeness (QED) is 0.809. The third kappa shape index (κ3) is 3.50. The number of halogens is 1. The van der Waals surface area contributed by atoms with Crippen LogP contribution >= 0.6 is 0 Å². The minimum Gasteiger partial charge on any atom is -0.337 e. The summed E-state index contributed by atoms with van der Waals surface area (Å²) in [6.07, 6.45) is 10.2. The number of benzene rings is 1. The predicted molar refractivity (Wildman–Crippen MR) is 108 cm³/mol. The predicted octanol–water partition coefficient (Wildman–Crippen LogP) is 3.48. The maximum Gasteiger partial charge on any atom is 0.123 e. The van der Waals surface area contributed by atoms with Crippen molar-refractivity contribution in [3.63, 3.8) is 0 Å². The van der Waals surface area contributed by atoms with E-state index in [0.717, 1.165) is 36.8 Å². The molecule has 0 unspecified atom stereocenters. The molecule has 4 heterocycles. The van der Waals surface area contributed by atoms with Crippen LogP contribution in [0.4, 0.5) is 4.39 Å². The maximum atomic E-state index is 13.8. The second-order valence-electron chi connectivity index (χ2n) is 9.11. The van der Waals surface area contributed by atoms with Crippen molar-refractivity contribution in [2.24, 2.45) is 18.9 Å². The van der Waals surface area contributed by atoms with Crippen molar-refractivity contribution in [2.45, 2.75) is 50.7 Å². The van der Waals surface area contributed by atoms with E-state index in [0.29, 0.717) is 18.0 Å². The topological polar surface area (TPSA) is 24.3 Å². The Bertz CT molecular complexity index is 818. The fourth-order valence-electron chi connectivity index (χ4n) is 6.07. The second kappa shape index (κ2) is 7.60. The van der Waals surface area contributed by atoms with E-state index in [1.807, 2.05) is 18.5 Å². The van der Waals surface area contributed by atoms with Crippen LogP contribution in [0.25, 0.3) is 0 Å². The van der Waals surface area contributed by atoms with Crippen molar-refractivity contribution in [1.82, 2.24) is 19.4 Å². The molecule has 0 saturated carbocycles. The number of hydrogen-bond donors (Lipinski definition) is 0. The van der Waals surface area contributed by atoms with E-state index < -0.39 is 0 Å². The molecule has 150 valence electrons. The molecular weight excluding hydrogens is 351 g/mol. The summed E-state index contributed by atoms with van der Waals surface area (Å²) in [4.78, 5) is 9.99. The molecule has 1 aromatic heterocycles. The van der Waals surface area contributed by atoms with Crippen LogP contribution in [-0.4, -0.2) is 51.1 Å². The molecule has 1 aromatic carbocycles. The van der Waals surface area contributed by atoms with Gasteiger partial charge in [-0.05, 0) is 61.8 Å². The smallest absolute Gasteiger partial charge is 0.123 e. The fraction of sp³-hybridized carbons (Fsp3) is 0.609. The van der Waals surface area contributed by atoms with Gasteiger partial charge in [-0.1, -0.05) is 18.6 Å².